The number of likely N-dealkylation sites (tertiary alicyclic amines) is 1. The smallest absolute Gasteiger partial charge is 0.237 e. The van der Waals surface area contributed by atoms with Crippen molar-refractivity contribution < 1.29 is 46.7 Å². The van der Waals surface area contributed by atoms with Gasteiger partial charge in [0.15, 0.2) is 11.6 Å². The highest BCUT2D eigenvalue weighted by Crippen LogP contribution is 2.32. The van der Waals surface area contributed by atoms with Gasteiger partial charge in [-0.05, 0) is 49.6 Å². The van der Waals surface area contributed by atoms with Crippen LogP contribution in [0.1, 0.15) is 99.0 Å². The van der Waals surface area contributed by atoms with E-state index in [1.807, 2.05) is 47.6 Å². The minimum Gasteiger partial charge on any atom is -0.379 e. The average molecular weight is 847 g/mol. The van der Waals surface area contributed by atoms with Crippen LogP contribution in [0.25, 0.3) is 0 Å². The summed E-state index contributed by atoms with van der Waals surface area (Å²) in [5.74, 6) is -4.64. The van der Waals surface area contributed by atoms with E-state index in [1.54, 1.807) is 50.2 Å². The minimum atomic E-state index is -3.86. The number of benzene rings is 1. The number of hydrogen-bond acceptors (Lipinski definition) is 11. The van der Waals surface area contributed by atoms with Crippen molar-refractivity contribution in [2.75, 3.05) is 34.9 Å². The van der Waals surface area contributed by atoms with Crippen molar-refractivity contribution in [2.45, 2.75) is 135 Å². The lowest BCUT2D eigenvalue weighted by molar-refractivity contribution is -0.149. The molecule has 332 valence electrons. The Labute approximate surface area is 352 Å². The number of nitrogens with zero attached hydrogens (tertiary/aromatic N) is 2. The van der Waals surface area contributed by atoms with Crippen molar-refractivity contribution in [3.05, 3.63) is 35.9 Å². The Kier molecular flexibility index (Phi) is 18.9. The van der Waals surface area contributed by atoms with Gasteiger partial charge in [0.2, 0.25) is 27.7 Å². The van der Waals surface area contributed by atoms with Crippen molar-refractivity contribution in [3.8, 4) is 0 Å². The number of amides is 3. The molecule has 0 unspecified atom stereocenters. The molecule has 0 aromatic heterocycles. The molecule has 2 aliphatic rings. The lowest BCUT2D eigenvalue weighted by Gasteiger charge is -2.40. The third-order valence-electron chi connectivity index (χ3n) is 12.5. The molecule has 1 aromatic carbocycles. The van der Waals surface area contributed by atoms with Gasteiger partial charge in [-0.25, -0.2) is 8.42 Å². The fourth-order valence-corrected chi connectivity index (χ4v) is 9.90. The number of ether oxygens (including phenoxy) is 2. The topological polar surface area (TPSA) is 186 Å². The van der Waals surface area contributed by atoms with Gasteiger partial charge < -0.3 is 24.6 Å². The third kappa shape index (κ3) is 13.2. The summed E-state index contributed by atoms with van der Waals surface area (Å²) in [5, 5.41) is 2.46. The molecule has 0 radical (unpaired) electrons. The van der Waals surface area contributed by atoms with Crippen molar-refractivity contribution in [1.82, 2.24) is 19.8 Å². The molecule has 3 amide bonds. The van der Waals surface area contributed by atoms with Crippen LogP contribution in [-0.2, 0) is 54.7 Å². The highest BCUT2D eigenvalue weighted by molar-refractivity contribution is 7.90. The predicted molar refractivity (Wildman–Crippen MR) is 225 cm³/mol. The van der Waals surface area contributed by atoms with Crippen molar-refractivity contribution >= 4 is 45.1 Å². The van der Waals surface area contributed by atoms with Crippen LogP contribution in [-0.4, -0.2) is 124 Å². The van der Waals surface area contributed by atoms with Gasteiger partial charge in [0.05, 0.1) is 48.5 Å². The van der Waals surface area contributed by atoms with E-state index in [1.165, 1.54) is 19.1 Å². The van der Waals surface area contributed by atoms with E-state index in [-0.39, 0.29) is 85.7 Å². The molecule has 2 fully saturated rings. The van der Waals surface area contributed by atoms with Gasteiger partial charge in [-0.2, -0.15) is 0 Å². The Hall–Kier alpha value is -3.53. The van der Waals surface area contributed by atoms with E-state index in [2.05, 4.69) is 10.0 Å². The number of methoxy groups -OCH3 is 2. The first-order chi connectivity index (χ1) is 27.7. The predicted octanol–water partition coefficient (Wildman–Crippen LogP) is 3.99. The largest absolute Gasteiger partial charge is 0.379 e. The van der Waals surface area contributed by atoms with Crippen molar-refractivity contribution in [1.29, 1.82) is 0 Å². The summed E-state index contributed by atoms with van der Waals surface area (Å²) in [4.78, 5) is 85.5. The highest BCUT2D eigenvalue weighted by atomic mass is 32.2. The van der Waals surface area contributed by atoms with Gasteiger partial charge >= 0.3 is 0 Å². The normalized spacial score (nSPS) is 20.1. The number of carbonyl (C=O) groups excluding carboxylic acids is 6. The maximum absolute atomic E-state index is 14.3. The van der Waals surface area contributed by atoms with Crippen LogP contribution < -0.4 is 10.0 Å². The number of hydrogen-bond donors (Lipinski definition) is 2. The Bertz CT molecular complexity index is 1720. The number of carbonyl (C=O) groups is 6. The molecular weight excluding hydrogens is 777 g/mol. The molecule has 14 nitrogen and oxygen atoms in total. The Morgan fingerprint density at radius 3 is 2.03 bits per heavy atom. The summed E-state index contributed by atoms with van der Waals surface area (Å²) in [6, 6.07) is 7.29. The number of rotatable bonds is 25. The molecular formula is C44H70N4O10S. The number of Topliss-reactive ketones (excluding diaryl/α,β-unsaturated/α-hetero) is 3. The number of ketones is 3. The van der Waals surface area contributed by atoms with Crippen molar-refractivity contribution in [2.24, 2.45) is 35.5 Å². The molecule has 1 aliphatic heterocycles. The van der Waals surface area contributed by atoms with Gasteiger partial charge in [0, 0.05) is 58.3 Å². The van der Waals surface area contributed by atoms with E-state index in [0.29, 0.717) is 19.3 Å². The van der Waals surface area contributed by atoms with Crippen LogP contribution in [0.5, 0.6) is 0 Å². The Morgan fingerprint density at radius 2 is 1.53 bits per heavy atom. The molecule has 2 N–H and O–H groups in total. The molecule has 1 aliphatic carbocycles. The summed E-state index contributed by atoms with van der Waals surface area (Å²) >= 11 is 0. The molecule has 3 rings (SSSR count). The minimum absolute atomic E-state index is 0.0387. The molecule has 9 atom stereocenters. The molecule has 1 saturated heterocycles. The summed E-state index contributed by atoms with van der Waals surface area (Å²) in [7, 11) is 2.46. The summed E-state index contributed by atoms with van der Waals surface area (Å²) in [6.45, 7) is 13.2. The Morgan fingerprint density at radius 1 is 0.898 bits per heavy atom. The van der Waals surface area contributed by atoms with Crippen molar-refractivity contribution in [3.63, 3.8) is 0 Å². The van der Waals surface area contributed by atoms with Crippen LogP contribution in [0.15, 0.2) is 30.3 Å². The second-order valence-electron chi connectivity index (χ2n) is 17.4. The lowest BCUT2D eigenvalue weighted by Crippen LogP contribution is -2.54. The Balaban J connectivity index is 1.83. The standard InChI is InChI=1S/C44H70N4O10S/c1-12-28(6)41(47(9)44(54)34(26(2)3)23-37(51)40(45-8)27(4)5)38(57-10)24-39(52)48-25-32(49)22-35(48)42(58-11)29(7)36(50)21-31(20-30-16-14-13-15-17-30)43(53)46-59(55,56)33-18-19-33/h13-17,26-29,31,33-35,38,40-42,45H,12,18-25H2,1-11H3,(H,46,53)/t28-,29-,31+,34-,35-,38+,40-,41-,42+/m0/s1. The first kappa shape index (κ1) is 49.8. The first-order valence-electron chi connectivity index (χ1n) is 21.2. The molecule has 1 aromatic rings. The zero-order valence-corrected chi connectivity index (χ0v) is 37.9. The van der Waals surface area contributed by atoms with E-state index < -0.39 is 69.1 Å². The molecule has 0 spiro atoms. The van der Waals surface area contributed by atoms with Gasteiger partial charge in [-0.3, -0.25) is 33.5 Å². The first-order valence-corrected chi connectivity index (χ1v) is 22.7. The number of likely N-dealkylation sites (N-methyl/N-ethyl adjacent to an activating group) is 2. The van der Waals surface area contributed by atoms with Crippen LogP contribution in [0, 0.1) is 35.5 Å². The van der Waals surface area contributed by atoms with Crippen LogP contribution in [0.3, 0.4) is 0 Å². The summed E-state index contributed by atoms with van der Waals surface area (Å²) < 4.78 is 39.5. The molecule has 59 heavy (non-hydrogen) atoms. The van der Waals surface area contributed by atoms with Crippen LogP contribution in [0.4, 0.5) is 0 Å². The van der Waals surface area contributed by atoms with E-state index in [9.17, 15) is 37.2 Å². The van der Waals surface area contributed by atoms with Gasteiger partial charge in [0.1, 0.15) is 5.78 Å². The SMILES string of the molecule is CC[C@H](C)[C@@H]([C@@H](CC(=O)N1CC(=O)C[C@H]1[C@H](OC)[C@@H](C)C(=O)C[C@@H](Cc1ccccc1)C(=O)NS(=O)(=O)C1CC1)OC)N(C)C(=O)[C@@H](CC(=O)[C@@H](NC)C(C)C)C(C)C. The fourth-order valence-electron chi connectivity index (χ4n) is 8.53. The molecule has 1 saturated carbocycles. The zero-order valence-electron chi connectivity index (χ0n) is 37.1. The van der Waals surface area contributed by atoms with Gasteiger partial charge in [-0.15, -0.1) is 0 Å². The number of nitrogens with one attached hydrogen (secondary N) is 2. The third-order valence-corrected chi connectivity index (χ3v) is 14.3. The van der Waals surface area contributed by atoms with E-state index in [4.69, 9.17) is 9.47 Å². The maximum atomic E-state index is 14.3. The monoisotopic (exact) mass is 846 g/mol. The van der Waals surface area contributed by atoms with Crippen LogP contribution >= 0.6 is 0 Å². The number of sulfonamides is 1. The van der Waals surface area contributed by atoms with Gasteiger partial charge in [0.25, 0.3) is 0 Å². The molecule has 15 heteroatoms. The van der Waals surface area contributed by atoms with Gasteiger partial charge in [-0.1, -0.05) is 85.2 Å². The molecule has 1 heterocycles. The zero-order chi connectivity index (χ0) is 44.4. The lowest BCUT2D eigenvalue weighted by atomic mass is 9.84. The summed E-state index contributed by atoms with van der Waals surface area (Å²) in [5.41, 5.74) is 0.760. The highest BCUT2D eigenvalue weighted by Gasteiger charge is 2.46. The maximum Gasteiger partial charge on any atom is 0.237 e. The van der Waals surface area contributed by atoms with Crippen LogP contribution in [0.2, 0.25) is 0 Å². The molecule has 0 bridgehead atoms. The second kappa shape index (κ2) is 22.4. The fraction of sp³-hybridized carbons (Fsp3) is 0.727. The summed E-state index contributed by atoms with van der Waals surface area (Å²) in [6.07, 6.45) is -0.363. The quantitative estimate of drug-likeness (QED) is 0.145. The van der Waals surface area contributed by atoms with E-state index >= 15 is 0 Å². The average Bonchev–Trinajstić information content (AvgIpc) is 3.99. The second-order valence-corrected chi connectivity index (χ2v) is 19.4. The van der Waals surface area contributed by atoms with E-state index in [0.717, 1.165) is 5.56 Å².